The second kappa shape index (κ2) is 8.13. The molecule has 178 valence electrons. The molecule has 2 N–H and O–H groups in total. The van der Waals surface area contributed by atoms with E-state index in [4.69, 9.17) is 23.7 Å². The Labute approximate surface area is 184 Å². The standard InChI is InChI=1S/C21H28O11/c1-10(22)28-9-13-15-14(29-11(2)23)8-20(5,31-12(3)24)21(27)7-6-19(4,32-21)17(25)16(15)30-18(13)26/h14,16-17,25,27H,6-9H2,1-5H3/t14-,16-,17+,19-,20+,21+/m0/s1. The number of ether oxygens (including phenoxy) is 5. The van der Waals surface area contributed by atoms with Gasteiger partial charge in [-0.3, -0.25) is 14.4 Å². The van der Waals surface area contributed by atoms with Gasteiger partial charge in [0.05, 0.1) is 11.2 Å². The van der Waals surface area contributed by atoms with Crippen LogP contribution < -0.4 is 0 Å². The molecule has 6 atom stereocenters. The summed E-state index contributed by atoms with van der Waals surface area (Å²) < 4.78 is 27.2. The molecule has 0 aromatic carbocycles. The third kappa shape index (κ3) is 4.12. The maximum absolute atomic E-state index is 12.7. The van der Waals surface area contributed by atoms with Gasteiger partial charge in [-0.1, -0.05) is 0 Å². The quantitative estimate of drug-likeness (QED) is 0.435. The summed E-state index contributed by atoms with van der Waals surface area (Å²) in [5.74, 6) is -4.98. The summed E-state index contributed by atoms with van der Waals surface area (Å²) in [6.07, 6.45) is -4.19. The van der Waals surface area contributed by atoms with Crippen LogP contribution in [0.15, 0.2) is 11.1 Å². The number of aliphatic hydroxyl groups excluding tert-OH is 1. The third-order valence-corrected chi connectivity index (χ3v) is 6.26. The molecular formula is C21H28O11. The van der Waals surface area contributed by atoms with E-state index < -0.39 is 65.8 Å². The lowest BCUT2D eigenvalue weighted by Gasteiger charge is -2.43. The molecule has 32 heavy (non-hydrogen) atoms. The monoisotopic (exact) mass is 456 g/mol. The van der Waals surface area contributed by atoms with Crippen LogP contribution in [0.2, 0.25) is 0 Å². The number of aliphatic hydroxyl groups is 2. The van der Waals surface area contributed by atoms with Crippen LogP contribution in [0.5, 0.6) is 0 Å². The highest BCUT2D eigenvalue weighted by molar-refractivity contribution is 5.93. The first-order valence-electron chi connectivity index (χ1n) is 10.3. The zero-order valence-corrected chi connectivity index (χ0v) is 18.6. The molecule has 0 radical (unpaired) electrons. The van der Waals surface area contributed by atoms with Gasteiger partial charge in [-0.15, -0.1) is 0 Å². The summed E-state index contributed by atoms with van der Waals surface area (Å²) in [4.78, 5) is 47.9. The van der Waals surface area contributed by atoms with E-state index in [9.17, 15) is 29.4 Å². The first-order valence-corrected chi connectivity index (χ1v) is 10.3. The van der Waals surface area contributed by atoms with Crippen molar-refractivity contribution >= 4 is 23.9 Å². The SMILES string of the molecule is CC(=O)OCC1=C2[C@@H](OC(C)=O)C[C@@](C)(OC(C)=O)[C@@]3(O)CC[C@](C)(O3)[C@H](O)[C@H]2OC1=O. The number of esters is 4. The van der Waals surface area contributed by atoms with Gasteiger partial charge in [-0.2, -0.15) is 0 Å². The summed E-state index contributed by atoms with van der Waals surface area (Å²) in [6.45, 7) is 5.94. The van der Waals surface area contributed by atoms with Crippen molar-refractivity contribution < 1.29 is 53.1 Å². The van der Waals surface area contributed by atoms with E-state index in [1.165, 1.54) is 13.8 Å². The Balaban J connectivity index is 2.21. The molecule has 3 rings (SSSR count). The fourth-order valence-corrected chi connectivity index (χ4v) is 4.64. The maximum Gasteiger partial charge on any atom is 0.338 e. The molecule has 0 aromatic rings. The zero-order valence-electron chi connectivity index (χ0n) is 18.6. The molecule has 2 fully saturated rings. The van der Waals surface area contributed by atoms with Gasteiger partial charge in [0.15, 0.2) is 11.7 Å². The number of hydrogen-bond acceptors (Lipinski definition) is 11. The van der Waals surface area contributed by atoms with E-state index >= 15 is 0 Å². The van der Waals surface area contributed by atoms with E-state index in [0.717, 1.165) is 20.8 Å². The van der Waals surface area contributed by atoms with E-state index in [1.54, 1.807) is 0 Å². The highest BCUT2D eigenvalue weighted by Crippen LogP contribution is 2.51. The molecule has 3 aliphatic heterocycles. The van der Waals surface area contributed by atoms with Crippen LogP contribution in [-0.2, 0) is 42.9 Å². The fraction of sp³-hybridized carbons (Fsp3) is 0.714. The number of carbonyl (C=O) groups is 4. The summed E-state index contributed by atoms with van der Waals surface area (Å²) >= 11 is 0. The Kier molecular flexibility index (Phi) is 6.13. The predicted octanol–water partition coefficient (Wildman–Crippen LogP) is 0.0473. The molecule has 11 nitrogen and oxygen atoms in total. The van der Waals surface area contributed by atoms with Crippen molar-refractivity contribution in [2.75, 3.05) is 6.61 Å². The van der Waals surface area contributed by atoms with Gasteiger partial charge in [0.25, 0.3) is 0 Å². The molecule has 0 spiro atoms. The van der Waals surface area contributed by atoms with E-state index in [0.29, 0.717) is 0 Å². The molecule has 0 amide bonds. The molecular weight excluding hydrogens is 428 g/mol. The van der Waals surface area contributed by atoms with Crippen LogP contribution in [-0.4, -0.2) is 76.0 Å². The van der Waals surface area contributed by atoms with Crippen molar-refractivity contribution in [1.29, 1.82) is 0 Å². The second-order valence-corrected chi connectivity index (χ2v) is 8.81. The minimum Gasteiger partial charge on any atom is -0.461 e. The molecule has 3 aliphatic rings. The lowest BCUT2D eigenvalue weighted by atomic mass is 9.79. The third-order valence-electron chi connectivity index (χ3n) is 6.26. The van der Waals surface area contributed by atoms with Crippen LogP contribution in [0, 0.1) is 0 Å². The summed E-state index contributed by atoms with van der Waals surface area (Å²) in [5.41, 5.74) is -3.16. The Morgan fingerprint density at radius 3 is 2.31 bits per heavy atom. The topological polar surface area (TPSA) is 155 Å². The van der Waals surface area contributed by atoms with Crippen LogP contribution in [0.4, 0.5) is 0 Å². The second-order valence-electron chi connectivity index (χ2n) is 8.81. The van der Waals surface area contributed by atoms with E-state index in [-0.39, 0.29) is 30.4 Å². The largest absolute Gasteiger partial charge is 0.461 e. The summed E-state index contributed by atoms with van der Waals surface area (Å²) in [5, 5.41) is 22.6. The van der Waals surface area contributed by atoms with Crippen molar-refractivity contribution in [1.82, 2.24) is 0 Å². The van der Waals surface area contributed by atoms with Crippen molar-refractivity contribution in [3.8, 4) is 0 Å². The summed E-state index contributed by atoms with van der Waals surface area (Å²) in [6, 6.07) is 0. The number of rotatable bonds is 4. The normalized spacial score (nSPS) is 38.7. The molecule has 2 bridgehead atoms. The smallest absolute Gasteiger partial charge is 0.338 e. The van der Waals surface area contributed by atoms with Gasteiger partial charge in [0, 0.05) is 39.2 Å². The lowest BCUT2D eigenvalue weighted by Crippen LogP contribution is -2.57. The van der Waals surface area contributed by atoms with Crippen molar-refractivity contribution in [2.24, 2.45) is 0 Å². The highest BCUT2D eigenvalue weighted by atomic mass is 16.7. The molecule has 3 heterocycles. The van der Waals surface area contributed by atoms with Crippen LogP contribution >= 0.6 is 0 Å². The lowest BCUT2D eigenvalue weighted by molar-refractivity contribution is -0.317. The van der Waals surface area contributed by atoms with E-state index in [2.05, 4.69) is 0 Å². The van der Waals surface area contributed by atoms with Crippen molar-refractivity contribution in [3.63, 3.8) is 0 Å². The minimum atomic E-state index is -2.02. The molecule has 0 aromatic heterocycles. The van der Waals surface area contributed by atoms with Crippen LogP contribution in [0.1, 0.15) is 53.9 Å². The van der Waals surface area contributed by atoms with Gasteiger partial charge in [0.2, 0.25) is 5.79 Å². The molecule has 2 saturated heterocycles. The van der Waals surface area contributed by atoms with Crippen LogP contribution in [0.25, 0.3) is 0 Å². The van der Waals surface area contributed by atoms with Gasteiger partial charge in [-0.25, -0.2) is 4.79 Å². The predicted molar refractivity (Wildman–Crippen MR) is 104 cm³/mol. The minimum absolute atomic E-state index is 0.00283. The van der Waals surface area contributed by atoms with Crippen molar-refractivity contribution in [3.05, 3.63) is 11.1 Å². The van der Waals surface area contributed by atoms with E-state index in [1.807, 2.05) is 0 Å². The first-order chi connectivity index (χ1) is 14.7. The van der Waals surface area contributed by atoms with Gasteiger partial charge in [0.1, 0.15) is 18.8 Å². The molecule has 0 aliphatic carbocycles. The van der Waals surface area contributed by atoms with Crippen molar-refractivity contribution in [2.45, 2.75) is 89.2 Å². The highest BCUT2D eigenvalue weighted by Gasteiger charge is 2.65. The molecule has 0 saturated carbocycles. The Hall–Kier alpha value is -2.50. The average molecular weight is 456 g/mol. The van der Waals surface area contributed by atoms with Gasteiger partial charge < -0.3 is 33.9 Å². The number of hydrogen-bond donors (Lipinski definition) is 2. The average Bonchev–Trinajstić information content (AvgIpc) is 3.15. The summed E-state index contributed by atoms with van der Waals surface area (Å²) in [7, 11) is 0. The van der Waals surface area contributed by atoms with Crippen LogP contribution in [0.3, 0.4) is 0 Å². The first kappa shape index (κ1) is 24.1. The Morgan fingerprint density at radius 1 is 1.09 bits per heavy atom. The molecule has 0 unspecified atom stereocenters. The van der Waals surface area contributed by atoms with Gasteiger partial charge in [-0.05, 0) is 20.3 Å². The maximum atomic E-state index is 12.7. The Bertz CT molecular complexity index is 879. The fourth-order valence-electron chi connectivity index (χ4n) is 4.64. The Morgan fingerprint density at radius 2 is 1.75 bits per heavy atom. The number of fused-ring (bicyclic) bond motifs is 3. The zero-order chi connectivity index (χ0) is 24.1. The number of carbonyl (C=O) groups excluding carboxylic acids is 4. The molecule has 11 heteroatoms. The van der Waals surface area contributed by atoms with Gasteiger partial charge >= 0.3 is 23.9 Å².